The Morgan fingerprint density at radius 2 is 2.15 bits per heavy atom. The quantitative estimate of drug-likeness (QED) is 0.809. The van der Waals surface area contributed by atoms with Gasteiger partial charge in [-0.25, -0.2) is 4.68 Å². The van der Waals surface area contributed by atoms with Gasteiger partial charge in [0.05, 0.1) is 29.8 Å². The molecule has 2 aliphatic rings. The van der Waals surface area contributed by atoms with E-state index in [1.54, 1.807) is 35.9 Å². The lowest BCUT2D eigenvalue weighted by molar-refractivity contribution is -0.126. The number of carbonyl (C=O) groups excluding carboxylic acids is 3. The van der Waals surface area contributed by atoms with Crippen LogP contribution in [0.4, 0.5) is 4.79 Å². The van der Waals surface area contributed by atoms with E-state index in [0.29, 0.717) is 36.5 Å². The Hall–Kier alpha value is -2.55. The van der Waals surface area contributed by atoms with Gasteiger partial charge in [0.15, 0.2) is 0 Å². The van der Waals surface area contributed by atoms with Gasteiger partial charge in [0.25, 0.3) is 11.1 Å². The molecule has 0 N–H and O–H groups in total. The van der Waals surface area contributed by atoms with Crippen molar-refractivity contribution >= 4 is 39.7 Å². The molecular formula is C17H18N4O4S. The summed E-state index contributed by atoms with van der Waals surface area (Å²) in [4.78, 5) is 39.6. The van der Waals surface area contributed by atoms with Crippen molar-refractivity contribution in [1.82, 2.24) is 19.6 Å². The lowest BCUT2D eigenvalue weighted by Crippen LogP contribution is -2.41. The molecule has 1 unspecified atom stereocenters. The molecule has 3 heterocycles. The number of rotatable bonds is 3. The molecule has 1 atom stereocenters. The summed E-state index contributed by atoms with van der Waals surface area (Å²) in [7, 11) is 3.37. The highest BCUT2D eigenvalue weighted by molar-refractivity contribution is 8.14. The van der Waals surface area contributed by atoms with Crippen LogP contribution in [0.5, 0.6) is 5.88 Å². The fourth-order valence-corrected chi connectivity index (χ4v) is 4.36. The minimum Gasteiger partial charge on any atom is -0.481 e. The molecule has 2 aliphatic heterocycles. The topological polar surface area (TPSA) is 84.7 Å². The van der Waals surface area contributed by atoms with Crippen molar-refractivity contribution in [3.05, 3.63) is 23.8 Å². The molecule has 0 saturated carbocycles. The van der Waals surface area contributed by atoms with E-state index in [2.05, 4.69) is 5.10 Å². The molecule has 9 heteroatoms. The average Bonchev–Trinajstić information content (AvgIpc) is 3.30. The highest BCUT2D eigenvalue weighted by atomic mass is 32.2. The number of ether oxygens (including phenoxy) is 1. The Morgan fingerprint density at radius 3 is 2.85 bits per heavy atom. The number of benzene rings is 1. The van der Waals surface area contributed by atoms with Crippen molar-refractivity contribution in [1.29, 1.82) is 0 Å². The van der Waals surface area contributed by atoms with Crippen molar-refractivity contribution in [2.75, 3.05) is 26.0 Å². The molecule has 8 nitrogen and oxygen atoms in total. The monoisotopic (exact) mass is 374 g/mol. The largest absolute Gasteiger partial charge is 0.481 e. The maximum atomic E-state index is 12.8. The Labute approximate surface area is 154 Å². The van der Waals surface area contributed by atoms with Crippen LogP contribution in [-0.2, 0) is 11.8 Å². The van der Waals surface area contributed by atoms with Crippen molar-refractivity contribution < 1.29 is 19.1 Å². The molecule has 26 heavy (non-hydrogen) atoms. The van der Waals surface area contributed by atoms with Crippen molar-refractivity contribution in [2.24, 2.45) is 7.05 Å². The molecule has 0 radical (unpaired) electrons. The predicted octanol–water partition coefficient (Wildman–Crippen LogP) is 1.49. The summed E-state index contributed by atoms with van der Waals surface area (Å²) >= 11 is 1.03. The number of thioether (sulfide) groups is 1. The molecule has 2 saturated heterocycles. The van der Waals surface area contributed by atoms with Gasteiger partial charge in [0.2, 0.25) is 11.8 Å². The van der Waals surface area contributed by atoms with Gasteiger partial charge in [0.1, 0.15) is 0 Å². The summed E-state index contributed by atoms with van der Waals surface area (Å²) in [5.41, 5.74) is 1.22. The second-order valence-corrected chi connectivity index (χ2v) is 7.30. The zero-order valence-electron chi connectivity index (χ0n) is 14.5. The fraction of sp³-hybridized carbons (Fsp3) is 0.412. The van der Waals surface area contributed by atoms with Gasteiger partial charge in [-0.05, 0) is 24.6 Å². The molecule has 4 rings (SSSR count). The Kier molecular flexibility index (Phi) is 4.10. The van der Waals surface area contributed by atoms with Gasteiger partial charge in [-0.1, -0.05) is 11.8 Å². The smallest absolute Gasteiger partial charge is 0.289 e. The van der Waals surface area contributed by atoms with E-state index in [-0.39, 0.29) is 28.8 Å². The third-order valence-electron chi connectivity index (χ3n) is 4.82. The molecule has 0 bridgehead atoms. The number of aromatic nitrogens is 2. The van der Waals surface area contributed by atoms with Crippen LogP contribution in [0.2, 0.25) is 0 Å². The van der Waals surface area contributed by atoms with Crippen LogP contribution in [0.25, 0.3) is 10.9 Å². The molecule has 0 aliphatic carbocycles. The number of nitrogens with zero attached hydrogens (tertiary/aromatic N) is 4. The maximum absolute atomic E-state index is 12.8. The average molecular weight is 374 g/mol. The number of carbonyl (C=O) groups is 3. The summed E-state index contributed by atoms with van der Waals surface area (Å²) < 4.78 is 6.96. The number of amides is 3. The summed E-state index contributed by atoms with van der Waals surface area (Å²) in [6.07, 6.45) is 0.615. The van der Waals surface area contributed by atoms with Crippen LogP contribution in [0, 0.1) is 0 Å². The summed E-state index contributed by atoms with van der Waals surface area (Å²) in [6, 6.07) is 5.10. The van der Waals surface area contributed by atoms with E-state index >= 15 is 0 Å². The molecule has 1 aromatic heterocycles. The second kappa shape index (κ2) is 6.31. The molecule has 1 aromatic carbocycles. The van der Waals surface area contributed by atoms with Crippen LogP contribution in [0.1, 0.15) is 16.8 Å². The molecular weight excluding hydrogens is 356 g/mol. The summed E-state index contributed by atoms with van der Waals surface area (Å²) in [5.74, 6) is 0.553. The highest BCUT2D eigenvalue weighted by Crippen LogP contribution is 2.28. The number of aryl methyl sites for hydroxylation is 1. The number of imide groups is 1. The maximum Gasteiger partial charge on any atom is 0.289 e. The zero-order chi connectivity index (χ0) is 18.4. The van der Waals surface area contributed by atoms with Gasteiger partial charge in [-0.2, -0.15) is 5.10 Å². The van der Waals surface area contributed by atoms with Gasteiger partial charge < -0.3 is 9.64 Å². The number of hydrogen-bond donors (Lipinski definition) is 0. The minimum atomic E-state index is -0.229. The lowest BCUT2D eigenvalue weighted by Gasteiger charge is -2.22. The van der Waals surface area contributed by atoms with Crippen LogP contribution < -0.4 is 4.74 Å². The lowest BCUT2D eigenvalue weighted by atomic mass is 10.1. The zero-order valence-corrected chi connectivity index (χ0v) is 15.3. The Bertz CT molecular complexity index is 909. The van der Waals surface area contributed by atoms with Gasteiger partial charge >= 0.3 is 0 Å². The molecule has 2 fully saturated rings. The summed E-state index contributed by atoms with van der Waals surface area (Å²) in [6.45, 7) is 0.898. The summed E-state index contributed by atoms with van der Waals surface area (Å²) in [5, 5.41) is 5.00. The highest BCUT2D eigenvalue weighted by Gasteiger charge is 2.40. The molecule has 3 amide bonds. The van der Waals surface area contributed by atoms with E-state index < -0.39 is 0 Å². The molecule has 0 spiro atoms. The molecule has 136 valence electrons. The van der Waals surface area contributed by atoms with Crippen LogP contribution in [0.3, 0.4) is 0 Å². The van der Waals surface area contributed by atoms with E-state index in [4.69, 9.17) is 4.74 Å². The number of fused-ring (bicyclic) bond motifs is 1. The van der Waals surface area contributed by atoms with Crippen LogP contribution >= 0.6 is 11.8 Å². The first-order chi connectivity index (χ1) is 12.5. The Morgan fingerprint density at radius 1 is 1.35 bits per heavy atom. The minimum absolute atomic E-state index is 0.120. The third kappa shape index (κ3) is 2.63. The van der Waals surface area contributed by atoms with Crippen molar-refractivity contribution in [3.8, 4) is 5.88 Å². The van der Waals surface area contributed by atoms with Gasteiger partial charge in [-0.15, -0.1) is 0 Å². The van der Waals surface area contributed by atoms with Gasteiger partial charge in [-0.3, -0.25) is 19.3 Å². The number of methoxy groups -OCH3 is 1. The first-order valence-electron chi connectivity index (χ1n) is 8.28. The Balaban J connectivity index is 1.54. The van der Waals surface area contributed by atoms with Crippen LogP contribution in [-0.4, -0.2) is 68.6 Å². The second-order valence-electron chi connectivity index (χ2n) is 6.38. The van der Waals surface area contributed by atoms with E-state index in [0.717, 1.165) is 17.1 Å². The number of likely N-dealkylation sites (tertiary alicyclic amines) is 1. The normalized spacial score (nSPS) is 20.5. The standard InChI is InChI=1S/C17H18N4O4S/c1-19-16(25-2)12-4-3-10(7-13(12)18-19)15(23)20-6-5-11(8-20)21-14(22)9-26-17(21)24/h3-4,7,11H,5-6,8-9H2,1-2H3. The van der Waals surface area contributed by atoms with Gasteiger partial charge in [0, 0.05) is 25.7 Å². The third-order valence-corrected chi connectivity index (χ3v) is 5.66. The van der Waals surface area contributed by atoms with E-state index in [1.807, 2.05) is 6.07 Å². The van der Waals surface area contributed by atoms with Crippen molar-refractivity contribution in [3.63, 3.8) is 0 Å². The molecule has 2 aromatic rings. The SMILES string of the molecule is COc1c2ccc(C(=O)N3CCC(N4C(=O)CSC4=O)C3)cc2nn1C. The predicted molar refractivity (Wildman–Crippen MR) is 96.3 cm³/mol. The first kappa shape index (κ1) is 16.9. The fourth-order valence-electron chi connectivity index (χ4n) is 3.59. The number of hydrogen-bond acceptors (Lipinski definition) is 6. The van der Waals surface area contributed by atoms with E-state index in [1.165, 1.54) is 4.90 Å². The van der Waals surface area contributed by atoms with Crippen molar-refractivity contribution in [2.45, 2.75) is 12.5 Å². The van der Waals surface area contributed by atoms with Crippen LogP contribution in [0.15, 0.2) is 18.2 Å². The van der Waals surface area contributed by atoms with E-state index in [9.17, 15) is 14.4 Å². The first-order valence-corrected chi connectivity index (χ1v) is 9.27.